The molecule has 6 nitrogen and oxygen atoms in total. The fraction of sp³-hybridized carbons (Fsp3) is 0.857. The molecule has 5 rings (SSSR count). The number of carbonyl (C=O) groups excluding carboxylic acids is 1. The Kier molecular flexibility index (Phi) is 6.26. The number of aromatic nitrogens is 2. The van der Waals surface area contributed by atoms with Crippen molar-refractivity contribution in [1.29, 1.82) is 0 Å². The number of nitrogens with zero attached hydrogens (tertiary/aromatic N) is 2. The molecule has 1 aromatic heterocycles. The second-order valence-corrected chi connectivity index (χ2v) is 12.8. The molecule has 190 valence electrons. The molecule has 0 aromatic carbocycles. The van der Waals surface area contributed by atoms with E-state index in [2.05, 4.69) is 18.9 Å². The monoisotopic (exact) mass is 472 g/mol. The van der Waals surface area contributed by atoms with Gasteiger partial charge in [-0.3, -0.25) is 9.48 Å². The number of fused-ring (bicyclic) bond motifs is 5. The van der Waals surface area contributed by atoms with Crippen molar-refractivity contribution in [3.8, 4) is 0 Å². The van der Waals surface area contributed by atoms with Gasteiger partial charge in [0.25, 0.3) is 0 Å². The van der Waals surface area contributed by atoms with Gasteiger partial charge in [0.2, 0.25) is 0 Å². The van der Waals surface area contributed by atoms with E-state index >= 15 is 0 Å². The summed E-state index contributed by atoms with van der Waals surface area (Å²) in [6, 6.07) is 0. The Labute approximate surface area is 204 Å². The summed E-state index contributed by atoms with van der Waals surface area (Å²) in [6.07, 6.45) is 12.4. The number of Topliss-reactive ketones (excluding diaryl/α,β-unsaturated/α-hetero) is 1. The van der Waals surface area contributed by atoms with E-state index < -0.39 is 11.9 Å². The zero-order valence-corrected chi connectivity index (χ0v) is 21.5. The van der Waals surface area contributed by atoms with Crippen molar-refractivity contribution in [2.75, 3.05) is 6.61 Å². The minimum atomic E-state index is -0.988. The molecule has 34 heavy (non-hydrogen) atoms. The van der Waals surface area contributed by atoms with Crippen molar-refractivity contribution in [3.63, 3.8) is 0 Å². The zero-order chi connectivity index (χ0) is 24.3. The molecule has 0 bridgehead atoms. The average Bonchev–Trinajstić information content (AvgIpc) is 3.38. The molecule has 4 aliphatic rings. The largest absolute Gasteiger partial charge is 0.390 e. The highest BCUT2D eigenvalue weighted by Gasteiger charge is 2.61. The highest BCUT2D eigenvalue weighted by molar-refractivity contribution is 5.82. The first-order valence-corrected chi connectivity index (χ1v) is 13.6. The van der Waals surface area contributed by atoms with Crippen molar-refractivity contribution in [3.05, 3.63) is 18.0 Å². The molecule has 2 N–H and O–H groups in total. The predicted octanol–water partition coefficient (Wildman–Crippen LogP) is 4.89. The van der Waals surface area contributed by atoms with Crippen LogP contribution in [0.3, 0.4) is 0 Å². The zero-order valence-electron chi connectivity index (χ0n) is 21.5. The number of hydrogen-bond donors (Lipinski definition) is 2. The molecule has 9 atom stereocenters. The minimum Gasteiger partial charge on any atom is -0.390 e. The molecular weight excluding hydrogens is 428 g/mol. The van der Waals surface area contributed by atoms with E-state index in [4.69, 9.17) is 4.74 Å². The fourth-order valence-electron chi connectivity index (χ4n) is 9.08. The SMILES string of the molecule is CCOC(O)c1cnn(CC(=O)[C@H]2CC[C@H]3[C@@H]4CC[C@@H]5C[C@](C)(O)CC[C@]5(C)[C@H]4CC[C@]23C)c1. The lowest BCUT2D eigenvalue weighted by molar-refractivity contribution is -0.151. The van der Waals surface area contributed by atoms with Gasteiger partial charge in [-0.25, -0.2) is 0 Å². The molecule has 1 aromatic rings. The van der Waals surface area contributed by atoms with Crippen LogP contribution in [-0.4, -0.2) is 38.0 Å². The quantitative estimate of drug-likeness (QED) is 0.576. The van der Waals surface area contributed by atoms with E-state index in [1.807, 2.05) is 13.8 Å². The fourth-order valence-corrected chi connectivity index (χ4v) is 9.08. The topological polar surface area (TPSA) is 84.6 Å². The third kappa shape index (κ3) is 3.98. The number of aliphatic hydroxyl groups excluding tert-OH is 1. The van der Waals surface area contributed by atoms with E-state index in [9.17, 15) is 15.0 Å². The summed E-state index contributed by atoms with van der Waals surface area (Å²) in [4.78, 5) is 13.5. The van der Waals surface area contributed by atoms with Crippen molar-refractivity contribution in [2.45, 2.75) is 104 Å². The number of aliphatic hydroxyl groups is 2. The van der Waals surface area contributed by atoms with Gasteiger partial charge in [-0.05, 0) is 106 Å². The van der Waals surface area contributed by atoms with Crippen LogP contribution in [0.15, 0.2) is 12.4 Å². The van der Waals surface area contributed by atoms with Crippen molar-refractivity contribution in [2.24, 2.45) is 40.4 Å². The first-order chi connectivity index (χ1) is 16.1. The summed E-state index contributed by atoms with van der Waals surface area (Å²) in [6.45, 7) is 9.49. The summed E-state index contributed by atoms with van der Waals surface area (Å²) in [5, 5.41) is 25.1. The molecule has 0 spiro atoms. The van der Waals surface area contributed by atoms with Crippen molar-refractivity contribution < 1.29 is 19.7 Å². The van der Waals surface area contributed by atoms with Crippen LogP contribution in [0.4, 0.5) is 0 Å². The Bertz CT molecular complexity index is 912. The summed E-state index contributed by atoms with van der Waals surface area (Å²) in [5.74, 6) is 3.12. The average molecular weight is 473 g/mol. The summed E-state index contributed by atoms with van der Waals surface area (Å²) >= 11 is 0. The Hall–Kier alpha value is -1.24. The van der Waals surface area contributed by atoms with E-state index in [1.54, 1.807) is 17.1 Å². The van der Waals surface area contributed by atoms with Gasteiger partial charge in [-0.2, -0.15) is 5.10 Å². The van der Waals surface area contributed by atoms with Gasteiger partial charge < -0.3 is 14.9 Å². The molecule has 0 radical (unpaired) electrons. The van der Waals surface area contributed by atoms with Crippen LogP contribution in [0, 0.1) is 40.4 Å². The van der Waals surface area contributed by atoms with E-state index in [-0.39, 0.29) is 23.7 Å². The molecule has 1 unspecified atom stereocenters. The second-order valence-electron chi connectivity index (χ2n) is 12.8. The Morgan fingerprint density at radius 2 is 1.88 bits per heavy atom. The number of carbonyl (C=O) groups is 1. The maximum atomic E-state index is 13.5. The molecular formula is C28H44N2O4. The van der Waals surface area contributed by atoms with E-state index in [1.165, 1.54) is 25.7 Å². The Morgan fingerprint density at radius 3 is 2.65 bits per heavy atom. The smallest absolute Gasteiger partial charge is 0.184 e. The molecule has 4 aliphatic carbocycles. The molecule has 0 aliphatic heterocycles. The van der Waals surface area contributed by atoms with Gasteiger partial charge in [0, 0.05) is 24.3 Å². The van der Waals surface area contributed by atoms with Crippen LogP contribution < -0.4 is 0 Å². The van der Waals surface area contributed by atoms with Gasteiger partial charge in [0.15, 0.2) is 12.1 Å². The van der Waals surface area contributed by atoms with E-state index in [0.29, 0.717) is 29.4 Å². The summed E-state index contributed by atoms with van der Waals surface area (Å²) < 4.78 is 6.91. The van der Waals surface area contributed by atoms with Crippen molar-refractivity contribution in [1.82, 2.24) is 9.78 Å². The minimum absolute atomic E-state index is 0.0857. The first-order valence-electron chi connectivity index (χ1n) is 13.6. The molecule has 4 saturated carbocycles. The van der Waals surface area contributed by atoms with Gasteiger partial charge >= 0.3 is 0 Å². The predicted molar refractivity (Wildman–Crippen MR) is 130 cm³/mol. The Morgan fingerprint density at radius 1 is 1.12 bits per heavy atom. The van der Waals surface area contributed by atoms with E-state index in [0.717, 1.165) is 43.9 Å². The lowest BCUT2D eigenvalue weighted by Gasteiger charge is -2.61. The lowest BCUT2D eigenvalue weighted by atomic mass is 9.44. The highest BCUT2D eigenvalue weighted by Crippen LogP contribution is 2.68. The van der Waals surface area contributed by atoms with Gasteiger partial charge in [-0.15, -0.1) is 0 Å². The lowest BCUT2D eigenvalue weighted by Crippen LogP contribution is -2.55. The maximum Gasteiger partial charge on any atom is 0.184 e. The standard InChI is InChI=1S/C28H44N2O4/c1-5-34-25(32)18-15-29-30(16-18)17-24(31)23-9-8-21-20-7-6-19-14-26(2,33)12-13-27(19,3)22(20)10-11-28(21,23)4/h15-16,19-23,25,32-33H,5-14,17H2,1-4H3/t19-,20+,21+,22+,23-,25?,26-,27+,28+/m1/s1. The van der Waals surface area contributed by atoms with Crippen LogP contribution >= 0.6 is 0 Å². The third-order valence-corrected chi connectivity index (χ3v) is 10.9. The number of ketones is 1. The Balaban J connectivity index is 1.29. The van der Waals surface area contributed by atoms with Crippen LogP contribution in [0.1, 0.15) is 97.3 Å². The molecule has 4 fully saturated rings. The highest BCUT2D eigenvalue weighted by atomic mass is 16.6. The van der Waals surface area contributed by atoms with Gasteiger partial charge in [0.1, 0.15) is 0 Å². The van der Waals surface area contributed by atoms with Crippen LogP contribution in [-0.2, 0) is 16.1 Å². The molecule has 1 heterocycles. The third-order valence-electron chi connectivity index (χ3n) is 10.9. The van der Waals surface area contributed by atoms with Crippen LogP contribution in [0.2, 0.25) is 0 Å². The van der Waals surface area contributed by atoms with Crippen LogP contribution in [0.5, 0.6) is 0 Å². The maximum absolute atomic E-state index is 13.5. The van der Waals surface area contributed by atoms with Crippen molar-refractivity contribution >= 4 is 5.78 Å². The van der Waals surface area contributed by atoms with Crippen LogP contribution in [0.25, 0.3) is 0 Å². The first kappa shape index (κ1) is 24.5. The number of rotatable bonds is 6. The second kappa shape index (κ2) is 8.70. The molecule has 0 saturated heterocycles. The molecule has 6 heteroatoms. The number of hydrogen-bond acceptors (Lipinski definition) is 5. The number of ether oxygens (including phenoxy) is 1. The molecule has 0 amide bonds. The summed E-state index contributed by atoms with van der Waals surface area (Å²) in [5.41, 5.74) is 0.544. The summed E-state index contributed by atoms with van der Waals surface area (Å²) in [7, 11) is 0. The normalized spacial score (nSPS) is 44.7. The van der Waals surface area contributed by atoms with Gasteiger partial charge in [-0.1, -0.05) is 13.8 Å². The van der Waals surface area contributed by atoms with Gasteiger partial charge in [0.05, 0.1) is 18.3 Å².